The van der Waals surface area contributed by atoms with Crippen LogP contribution in [0.3, 0.4) is 0 Å². The first-order valence-corrected chi connectivity index (χ1v) is 5.04. The molecular formula is C11H10ClFN2O2. The van der Waals surface area contributed by atoms with Gasteiger partial charge in [-0.3, -0.25) is 10.1 Å². The number of nitro groups is 1. The first-order chi connectivity index (χ1) is 7.76. The molecule has 0 aromatic heterocycles. The minimum absolute atomic E-state index is 0.000139. The quantitative estimate of drug-likeness (QED) is 0.513. The lowest BCUT2D eigenvalue weighted by molar-refractivity contribution is -0.384. The molecule has 0 spiro atoms. The molecule has 90 valence electrons. The SMILES string of the molecule is C#CC(C)(C)Nc1cc(F)c(Cl)cc1[N+](=O)[O-]. The van der Waals surface area contributed by atoms with Crippen LogP contribution in [0.25, 0.3) is 0 Å². The van der Waals surface area contributed by atoms with Crippen molar-refractivity contribution in [2.75, 3.05) is 5.32 Å². The first-order valence-electron chi connectivity index (χ1n) is 4.66. The van der Waals surface area contributed by atoms with Gasteiger partial charge in [0.25, 0.3) is 5.69 Å². The maximum Gasteiger partial charge on any atom is 0.294 e. The van der Waals surface area contributed by atoms with E-state index in [-0.39, 0.29) is 16.4 Å². The zero-order valence-corrected chi connectivity index (χ0v) is 10.0. The van der Waals surface area contributed by atoms with Crippen LogP contribution in [-0.4, -0.2) is 10.5 Å². The Morgan fingerprint density at radius 3 is 2.65 bits per heavy atom. The lowest BCUT2D eigenvalue weighted by Crippen LogP contribution is -2.28. The van der Waals surface area contributed by atoms with Gasteiger partial charge in [-0.1, -0.05) is 17.5 Å². The van der Waals surface area contributed by atoms with Crippen molar-refractivity contribution in [1.29, 1.82) is 0 Å². The Kier molecular flexibility index (Phi) is 3.59. The third-order valence-corrected chi connectivity index (χ3v) is 2.33. The number of hydrogen-bond donors (Lipinski definition) is 1. The minimum Gasteiger partial charge on any atom is -0.364 e. The van der Waals surface area contributed by atoms with Crippen LogP contribution in [0, 0.1) is 28.3 Å². The van der Waals surface area contributed by atoms with E-state index in [0.717, 1.165) is 12.1 Å². The number of nitrogens with one attached hydrogen (secondary N) is 1. The number of benzene rings is 1. The molecule has 17 heavy (non-hydrogen) atoms. The zero-order chi connectivity index (χ0) is 13.2. The van der Waals surface area contributed by atoms with Gasteiger partial charge in [-0.15, -0.1) is 6.42 Å². The summed E-state index contributed by atoms with van der Waals surface area (Å²) in [5.41, 5.74) is -1.15. The third kappa shape index (κ3) is 3.08. The number of halogens is 2. The van der Waals surface area contributed by atoms with Crippen LogP contribution in [0.2, 0.25) is 5.02 Å². The smallest absolute Gasteiger partial charge is 0.294 e. The molecule has 0 aliphatic carbocycles. The molecule has 1 rings (SSSR count). The second-order valence-corrected chi connectivity index (χ2v) is 4.34. The molecule has 1 aromatic rings. The molecule has 4 nitrogen and oxygen atoms in total. The highest BCUT2D eigenvalue weighted by Gasteiger charge is 2.22. The Bertz CT molecular complexity index is 509. The number of rotatable bonds is 3. The van der Waals surface area contributed by atoms with Gasteiger partial charge >= 0.3 is 0 Å². The molecule has 0 unspecified atom stereocenters. The Labute approximate surface area is 103 Å². The minimum atomic E-state index is -0.828. The van der Waals surface area contributed by atoms with Crippen molar-refractivity contribution in [2.45, 2.75) is 19.4 Å². The second kappa shape index (κ2) is 4.60. The standard InChI is InChI=1S/C11H10ClFN2O2/c1-4-11(2,3)14-9-6-8(13)7(12)5-10(9)15(16)17/h1,5-6,14H,2-3H3. The van der Waals surface area contributed by atoms with Crippen LogP contribution in [0.15, 0.2) is 12.1 Å². The Hall–Kier alpha value is -1.80. The summed E-state index contributed by atoms with van der Waals surface area (Å²) in [4.78, 5) is 10.1. The van der Waals surface area contributed by atoms with Gasteiger partial charge in [0.15, 0.2) is 0 Å². The fourth-order valence-electron chi connectivity index (χ4n) is 1.16. The third-order valence-electron chi connectivity index (χ3n) is 2.04. The van der Waals surface area contributed by atoms with E-state index in [1.54, 1.807) is 13.8 Å². The lowest BCUT2D eigenvalue weighted by Gasteiger charge is -2.21. The molecule has 0 aliphatic heterocycles. The van der Waals surface area contributed by atoms with Gasteiger partial charge in [-0.25, -0.2) is 4.39 Å². The van der Waals surface area contributed by atoms with Crippen LogP contribution in [-0.2, 0) is 0 Å². The number of nitrogens with zero attached hydrogens (tertiary/aromatic N) is 1. The molecule has 0 fully saturated rings. The van der Waals surface area contributed by atoms with Gasteiger partial charge in [0.1, 0.15) is 11.5 Å². The van der Waals surface area contributed by atoms with Crippen molar-refractivity contribution in [2.24, 2.45) is 0 Å². The van der Waals surface area contributed by atoms with Crippen LogP contribution >= 0.6 is 11.6 Å². The highest BCUT2D eigenvalue weighted by molar-refractivity contribution is 6.31. The van der Waals surface area contributed by atoms with Gasteiger partial charge in [0.05, 0.1) is 15.5 Å². The van der Waals surface area contributed by atoms with Crippen LogP contribution in [0.1, 0.15) is 13.8 Å². The summed E-state index contributed by atoms with van der Waals surface area (Å²) < 4.78 is 13.3. The fraction of sp³-hybridized carbons (Fsp3) is 0.273. The molecule has 0 amide bonds. The number of terminal acetylenes is 1. The molecule has 1 aromatic carbocycles. The van der Waals surface area contributed by atoms with Gasteiger partial charge in [-0.2, -0.15) is 0 Å². The first kappa shape index (κ1) is 13.3. The fourth-order valence-corrected chi connectivity index (χ4v) is 1.32. The molecule has 0 radical (unpaired) electrons. The molecule has 0 atom stereocenters. The second-order valence-electron chi connectivity index (χ2n) is 3.93. The van der Waals surface area contributed by atoms with Crippen LogP contribution in [0.4, 0.5) is 15.8 Å². The van der Waals surface area contributed by atoms with E-state index >= 15 is 0 Å². The summed E-state index contributed by atoms with van der Waals surface area (Å²) in [6.45, 7) is 3.28. The average Bonchev–Trinajstić information content (AvgIpc) is 2.22. The molecule has 0 bridgehead atoms. The summed E-state index contributed by atoms with van der Waals surface area (Å²) in [5, 5.41) is 13.2. The van der Waals surface area contributed by atoms with E-state index in [9.17, 15) is 14.5 Å². The van der Waals surface area contributed by atoms with E-state index in [2.05, 4.69) is 11.2 Å². The molecule has 0 aliphatic rings. The summed E-state index contributed by atoms with van der Waals surface area (Å²) in [5.74, 6) is 1.66. The largest absolute Gasteiger partial charge is 0.364 e. The highest BCUT2D eigenvalue weighted by atomic mass is 35.5. The molecule has 0 saturated carbocycles. The predicted molar refractivity (Wildman–Crippen MR) is 64.6 cm³/mol. The van der Waals surface area contributed by atoms with Crippen molar-refractivity contribution in [1.82, 2.24) is 0 Å². The van der Waals surface area contributed by atoms with Gasteiger partial charge in [0, 0.05) is 12.1 Å². The van der Waals surface area contributed by atoms with Crippen molar-refractivity contribution < 1.29 is 9.31 Å². The zero-order valence-electron chi connectivity index (χ0n) is 9.25. The van der Waals surface area contributed by atoms with Crippen molar-refractivity contribution >= 4 is 23.0 Å². The number of hydrogen-bond acceptors (Lipinski definition) is 3. The number of nitro benzene ring substituents is 1. The van der Waals surface area contributed by atoms with Gasteiger partial charge in [-0.05, 0) is 13.8 Å². The Morgan fingerprint density at radius 1 is 1.59 bits per heavy atom. The van der Waals surface area contributed by atoms with Crippen molar-refractivity contribution in [3.05, 3.63) is 33.1 Å². The summed E-state index contributed by atoms with van der Waals surface area (Å²) in [6, 6.07) is 1.91. The van der Waals surface area contributed by atoms with E-state index < -0.39 is 16.3 Å². The van der Waals surface area contributed by atoms with Crippen LogP contribution < -0.4 is 5.32 Å². The Balaban J connectivity index is 3.28. The molecule has 1 N–H and O–H groups in total. The van der Waals surface area contributed by atoms with Gasteiger partial charge in [0.2, 0.25) is 0 Å². The lowest BCUT2D eigenvalue weighted by atomic mass is 10.1. The van der Waals surface area contributed by atoms with Gasteiger partial charge < -0.3 is 5.32 Å². The molecule has 6 heteroatoms. The molecule has 0 saturated heterocycles. The molecular weight excluding hydrogens is 247 g/mol. The van der Waals surface area contributed by atoms with Crippen molar-refractivity contribution in [3.8, 4) is 12.3 Å². The van der Waals surface area contributed by atoms with Crippen LogP contribution in [0.5, 0.6) is 0 Å². The van der Waals surface area contributed by atoms with E-state index in [1.807, 2.05) is 0 Å². The maximum atomic E-state index is 13.3. The number of anilines is 1. The molecule has 0 heterocycles. The highest BCUT2D eigenvalue weighted by Crippen LogP contribution is 2.31. The summed E-state index contributed by atoms with van der Waals surface area (Å²) in [7, 11) is 0. The predicted octanol–water partition coefficient (Wildman–Crippen LogP) is 3.21. The average molecular weight is 257 g/mol. The topological polar surface area (TPSA) is 55.2 Å². The summed E-state index contributed by atoms with van der Waals surface area (Å²) in [6.07, 6.45) is 5.25. The Morgan fingerprint density at radius 2 is 2.18 bits per heavy atom. The monoisotopic (exact) mass is 256 g/mol. The van der Waals surface area contributed by atoms with E-state index in [1.165, 1.54) is 0 Å². The van der Waals surface area contributed by atoms with E-state index in [4.69, 9.17) is 18.0 Å². The maximum absolute atomic E-state index is 13.3. The normalized spacial score (nSPS) is 10.8. The summed E-state index contributed by atoms with van der Waals surface area (Å²) >= 11 is 5.49. The van der Waals surface area contributed by atoms with Crippen molar-refractivity contribution in [3.63, 3.8) is 0 Å². The van der Waals surface area contributed by atoms with E-state index in [0.29, 0.717) is 0 Å².